The smallest absolute Gasteiger partial charge is 0.363 e. The molecule has 0 radical (unpaired) electrons. The predicted octanol–water partition coefficient (Wildman–Crippen LogP) is 2.61. The number of ether oxygens (including phenoxy) is 1. The van der Waals surface area contributed by atoms with Crippen LogP contribution in [0, 0.1) is 0 Å². The molecule has 0 bridgehead atoms. The summed E-state index contributed by atoms with van der Waals surface area (Å²) in [5.41, 5.74) is 2.32. The molecule has 0 aliphatic carbocycles. The van der Waals surface area contributed by atoms with Crippen molar-refractivity contribution in [2.45, 2.75) is 0 Å². The second kappa shape index (κ2) is 5.92. The minimum Gasteiger partial charge on any atom is -0.402 e. The van der Waals surface area contributed by atoms with Gasteiger partial charge in [0.05, 0.1) is 11.9 Å². The number of aliphatic imine (C=N–C) groups is 1. The molecule has 2 aromatic carbocycles. The van der Waals surface area contributed by atoms with Crippen LogP contribution in [0.1, 0.15) is 11.3 Å². The van der Waals surface area contributed by atoms with Crippen molar-refractivity contribution in [1.29, 1.82) is 0 Å². The minimum atomic E-state index is -0.497. The molecule has 0 spiro atoms. The van der Waals surface area contributed by atoms with Crippen LogP contribution in [-0.4, -0.2) is 26.9 Å². The zero-order chi connectivity index (χ0) is 16.4. The van der Waals surface area contributed by atoms with Crippen LogP contribution < -0.4 is 0 Å². The third kappa shape index (κ3) is 2.72. The Hall–Kier alpha value is -3.54. The fraction of sp³-hybridized carbons (Fsp3) is 0. The van der Waals surface area contributed by atoms with E-state index in [1.165, 1.54) is 4.80 Å². The number of carbonyl (C=O) groups excluding carboxylic acids is 1. The molecule has 6 nitrogen and oxygen atoms in total. The van der Waals surface area contributed by atoms with Gasteiger partial charge in [-0.05, 0) is 24.3 Å². The highest BCUT2D eigenvalue weighted by molar-refractivity contribution is 6.12. The summed E-state index contributed by atoms with van der Waals surface area (Å²) in [5.74, 6) is -0.203. The molecule has 116 valence electrons. The topological polar surface area (TPSA) is 69.4 Å². The Morgan fingerprint density at radius 3 is 2.42 bits per heavy atom. The van der Waals surface area contributed by atoms with E-state index >= 15 is 0 Å². The van der Waals surface area contributed by atoms with Crippen molar-refractivity contribution in [2.24, 2.45) is 4.99 Å². The van der Waals surface area contributed by atoms with E-state index in [9.17, 15) is 4.79 Å². The van der Waals surface area contributed by atoms with E-state index in [2.05, 4.69) is 15.2 Å². The zero-order valence-corrected chi connectivity index (χ0v) is 12.5. The van der Waals surface area contributed by atoms with Crippen molar-refractivity contribution >= 4 is 17.9 Å². The molecule has 0 N–H and O–H groups in total. The standard InChI is InChI=1S/C18H12N4O2/c23-18-16(20-17(24-18)13-7-3-1-4-8-13)11-14-12-19-22(21-14)15-9-5-2-6-10-15/h1-12H/b16-11+. The normalized spacial score (nSPS) is 15.4. The van der Waals surface area contributed by atoms with Crippen LogP contribution in [0.15, 0.2) is 77.5 Å². The molecule has 0 amide bonds. The molecule has 0 unspecified atom stereocenters. The third-order valence-corrected chi connectivity index (χ3v) is 3.42. The highest BCUT2D eigenvalue weighted by Crippen LogP contribution is 2.18. The van der Waals surface area contributed by atoms with Gasteiger partial charge in [-0.25, -0.2) is 9.79 Å². The van der Waals surface area contributed by atoms with Gasteiger partial charge >= 0.3 is 5.97 Å². The molecule has 1 aromatic heterocycles. The summed E-state index contributed by atoms with van der Waals surface area (Å²) in [7, 11) is 0. The third-order valence-electron chi connectivity index (χ3n) is 3.42. The van der Waals surface area contributed by atoms with Gasteiger partial charge in [0.25, 0.3) is 0 Å². The van der Waals surface area contributed by atoms with Gasteiger partial charge in [0, 0.05) is 11.6 Å². The number of hydrogen-bond acceptors (Lipinski definition) is 5. The second-order valence-electron chi connectivity index (χ2n) is 5.10. The number of rotatable bonds is 3. The monoisotopic (exact) mass is 316 g/mol. The minimum absolute atomic E-state index is 0.203. The summed E-state index contributed by atoms with van der Waals surface area (Å²) in [6.07, 6.45) is 3.13. The molecule has 0 fully saturated rings. The molecule has 1 aliphatic heterocycles. The Balaban J connectivity index is 1.63. The van der Waals surface area contributed by atoms with E-state index in [1.807, 2.05) is 60.7 Å². The number of hydrogen-bond donors (Lipinski definition) is 0. The number of benzene rings is 2. The first-order valence-corrected chi connectivity index (χ1v) is 7.35. The largest absolute Gasteiger partial charge is 0.402 e. The molecule has 3 aromatic rings. The average Bonchev–Trinajstić information content (AvgIpc) is 3.24. The Morgan fingerprint density at radius 1 is 0.958 bits per heavy atom. The van der Waals surface area contributed by atoms with E-state index in [0.717, 1.165) is 11.3 Å². The number of nitrogens with zero attached hydrogens (tertiary/aromatic N) is 4. The van der Waals surface area contributed by atoms with E-state index in [4.69, 9.17) is 4.74 Å². The van der Waals surface area contributed by atoms with Gasteiger partial charge in [-0.3, -0.25) is 0 Å². The molecule has 6 heteroatoms. The van der Waals surface area contributed by atoms with Crippen LogP contribution in [0.5, 0.6) is 0 Å². The summed E-state index contributed by atoms with van der Waals surface area (Å²) in [6.45, 7) is 0. The summed E-state index contributed by atoms with van der Waals surface area (Å²) in [6, 6.07) is 18.8. The number of aromatic nitrogens is 3. The fourth-order valence-electron chi connectivity index (χ4n) is 2.28. The maximum atomic E-state index is 12.0. The number of cyclic esters (lactones) is 1. The first kappa shape index (κ1) is 14.1. The molecular formula is C18H12N4O2. The van der Waals surface area contributed by atoms with Gasteiger partial charge in [-0.2, -0.15) is 9.90 Å². The lowest BCUT2D eigenvalue weighted by Crippen LogP contribution is -2.05. The van der Waals surface area contributed by atoms with Gasteiger partial charge in [0.15, 0.2) is 5.70 Å². The van der Waals surface area contributed by atoms with Crippen molar-refractivity contribution in [3.05, 3.63) is 83.8 Å². The van der Waals surface area contributed by atoms with Crippen molar-refractivity contribution < 1.29 is 9.53 Å². The predicted molar refractivity (Wildman–Crippen MR) is 88.4 cm³/mol. The molecule has 2 heterocycles. The van der Waals surface area contributed by atoms with Crippen LogP contribution >= 0.6 is 0 Å². The van der Waals surface area contributed by atoms with Gasteiger partial charge in [0.2, 0.25) is 5.90 Å². The maximum Gasteiger partial charge on any atom is 0.363 e. The first-order chi connectivity index (χ1) is 11.8. The van der Waals surface area contributed by atoms with E-state index in [-0.39, 0.29) is 5.70 Å². The number of para-hydroxylation sites is 1. The molecule has 1 aliphatic rings. The van der Waals surface area contributed by atoms with Gasteiger partial charge < -0.3 is 4.74 Å². The molecular weight excluding hydrogens is 304 g/mol. The van der Waals surface area contributed by atoms with Crippen LogP contribution in [-0.2, 0) is 9.53 Å². The zero-order valence-electron chi connectivity index (χ0n) is 12.5. The lowest BCUT2D eigenvalue weighted by molar-refractivity contribution is -0.129. The SMILES string of the molecule is O=C1OC(c2ccccc2)=N/C1=C/c1cnn(-c2ccccc2)n1. The first-order valence-electron chi connectivity index (χ1n) is 7.35. The van der Waals surface area contributed by atoms with Gasteiger partial charge in [0.1, 0.15) is 5.69 Å². The average molecular weight is 316 g/mol. The summed E-state index contributed by atoms with van der Waals surface area (Å²) in [5, 5.41) is 8.52. The Bertz CT molecular complexity index is 943. The molecule has 0 atom stereocenters. The Labute approximate surface area is 137 Å². The van der Waals surface area contributed by atoms with Crippen LogP contribution in [0.25, 0.3) is 11.8 Å². The maximum absolute atomic E-state index is 12.0. The lowest BCUT2D eigenvalue weighted by atomic mass is 10.2. The Morgan fingerprint density at radius 2 is 1.67 bits per heavy atom. The van der Waals surface area contributed by atoms with Crippen LogP contribution in [0.3, 0.4) is 0 Å². The Kier molecular flexibility index (Phi) is 3.47. The van der Waals surface area contributed by atoms with Crippen molar-refractivity contribution in [2.75, 3.05) is 0 Å². The van der Waals surface area contributed by atoms with Crippen molar-refractivity contribution in [3.8, 4) is 5.69 Å². The second-order valence-corrected chi connectivity index (χ2v) is 5.10. The van der Waals surface area contributed by atoms with E-state index in [0.29, 0.717) is 11.6 Å². The van der Waals surface area contributed by atoms with Crippen LogP contribution in [0.4, 0.5) is 0 Å². The van der Waals surface area contributed by atoms with Crippen molar-refractivity contribution in [3.63, 3.8) is 0 Å². The summed E-state index contributed by atoms with van der Waals surface area (Å²) >= 11 is 0. The lowest BCUT2D eigenvalue weighted by Gasteiger charge is -1.97. The van der Waals surface area contributed by atoms with E-state index in [1.54, 1.807) is 12.3 Å². The molecule has 0 saturated carbocycles. The van der Waals surface area contributed by atoms with Gasteiger partial charge in [-0.1, -0.05) is 36.4 Å². The van der Waals surface area contributed by atoms with Crippen LogP contribution in [0.2, 0.25) is 0 Å². The van der Waals surface area contributed by atoms with E-state index < -0.39 is 5.97 Å². The summed E-state index contributed by atoms with van der Waals surface area (Å²) in [4.78, 5) is 17.7. The summed E-state index contributed by atoms with van der Waals surface area (Å²) < 4.78 is 5.21. The quantitative estimate of drug-likeness (QED) is 0.550. The van der Waals surface area contributed by atoms with Crippen molar-refractivity contribution in [1.82, 2.24) is 15.0 Å². The molecule has 4 rings (SSSR count). The van der Waals surface area contributed by atoms with Gasteiger partial charge in [-0.15, -0.1) is 5.10 Å². The fourth-order valence-corrected chi connectivity index (χ4v) is 2.28. The number of esters is 1. The molecule has 24 heavy (non-hydrogen) atoms. The highest BCUT2D eigenvalue weighted by atomic mass is 16.6. The highest BCUT2D eigenvalue weighted by Gasteiger charge is 2.24. The molecule has 0 saturated heterocycles. The number of carbonyl (C=O) groups is 1.